The summed E-state index contributed by atoms with van der Waals surface area (Å²) in [5.74, 6) is 0.680. The molecule has 0 saturated carbocycles. The van der Waals surface area contributed by atoms with Crippen LogP contribution in [0.4, 0.5) is 5.69 Å². The molecule has 1 saturated heterocycles. The Labute approximate surface area is 124 Å². The number of rotatable bonds is 5. The second-order valence-electron chi connectivity index (χ2n) is 5.75. The van der Waals surface area contributed by atoms with Crippen LogP contribution >= 0.6 is 0 Å². The van der Waals surface area contributed by atoms with Crippen molar-refractivity contribution in [2.45, 2.75) is 19.4 Å². The highest BCUT2D eigenvalue weighted by Crippen LogP contribution is 2.24. The van der Waals surface area contributed by atoms with E-state index in [4.69, 9.17) is 5.41 Å². The van der Waals surface area contributed by atoms with E-state index in [1.165, 1.54) is 6.42 Å². The van der Waals surface area contributed by atoms with Gasteiger partial charge in [0.1, 0.15) is 0 Å². The summed E-state index contributed by atoms with van der Waals surface area (Å²) in [6.45, 7) is 4.30. The SMILES string of the molecule is CC1CC(CNc2ccc(-c3cn[nH]c3)cc2C=[NH2+])CN1. The predicted octanol–water partition coefficient (Wildman–Crippen LogP) is 0.665. The Kier molecular flexibility index (Phi) is 4.01. The van der Waals surface area contributed by atoms with Crippen LogP contribution in [0.5, 0.6) is 0 Å². The highest BCUT2D eigenvalue weighted by atomic mass is 15.1. The van der Waals surface area contributed by atoms with E-state index >= 15 is 0 Å². The van der Waals surface area contributed by atoms with Crippen molar-refractivity contribution in [3.63, 3.8) is 0 Å². The molecule has 21 heavy (non-hydrogen) atoms. The van der Waals surface area contributed by atoms with Gasteiger partial charge in [-0.15, -0.1) is 0 Å². The minimum atomic E-state index is 0.626. The Balaban J connectivity index is 1.72. The van der Waals surface area contributed by atoms with E-state index in [9.17, 15) is 0 Å². The standard InChI is InChI=1S/C16H21N5/c1-11-4-12(7-18-11)8-19-16-3-2-13(5-14(16)6-17)15-9-20-21-10-15/h2-3,5-6,9-12,17-19H,4,7-8H2,1H3,(H,20,21)/p+1. The number of nitrogens with zero attached hydrogens (tertiary/aromatic N) is 1. The summed E-state index contributed by atoms with van der Waals surface area (Å²) < 4.78 is 0. The number of H-pyrrole nitrogens is 1. The molecule has 2 atom stereocenters. The molecule has 5 nitrogen and oxygen atoms in total. The van der Waals surface area contributed by atoms with Crippen molar-refractivity contribution in [1.29, 1.82) is 0 Å². The molecule has 0 bridgehead atoms. The quantitative estimate of drug-likeness (QED) is 0.609. The fourth-order valence-electron chi connectivity index (χ4n) is 2.89. The van der Waals surface area contributed by atoms with Gasteiger partial charge < -0.3 is 10.6 Å². The lowest BCUT2D eigenvalue weighted by atomic mass is 10.0. The molecule has 1 aromatic heterocycles. The third-order valence-electron chi connectivity index (χ3n) is 4.09. The van der Waals surface area contributed by atoms with Gasteiger partial charge in [0.25, 0.3) is 0 Å². The minimum absolute atomic E-state index is 0.626. The molecule has 2 heterocycles. The molecule has 110 valence electrons. The Morgan fingerprint density at radius 2 is 2.33 bits per heavy atom. The monoisotopic (exact) mass is 284 g/mol. The van der Waals surface area contributed by atoms with Gasteiger partial charge in [0.05, 0.1) is 11.8 Å². The maximum absolute atomic E-state index is 5.78. The van der Waals surface area contributed by atoms with E-state index in [-0.39, 0.29) is 0 Å². The van der Waals surface area contributed by atoms with Crippen LogP contribution in [0.15, 0.2) is 30.6 Å². The molecule has 5 heteroatoms. The van der Waals surface area contributed by atoms with E-state index in [1.54, 1.807) is 6.21 Å². The summed E-state index contributed by atoms with van der Waals surface area (Å²) in [6.07, 6.45) is 6.58. The van der Waals surface area contributed by atoms with Crippen molar-refractivity contribution in [2.75, 3.05) is 18.4 Å². The highest BCUT2D eigenvalue weighted by molar-refractivity contribution is 5.87. The molecule has 2 unspecified atom stereocenters. The van der Waals surface area contributed by atoms with Crippen LogP contribution in [0.1, 0.15) is 18.9 Å². The summed E-state index contributed by atoms with van der Waals surface area (Å²) >= 11 is 0. The summed E-state index contributed by atoms with van der Waals surface area (Å²) in [5, 5.41) is 19.6. The van der Waals surface area contributed by atoms with Gasteiger partial charge in [-0.2, -0.15) is 5.10 Å². The van der Waals surface area contributed by atoms with E-state index in [0.29, 0.717) is 12.0 Å². The first-order chi connectivity index (χ1) is 10.3. The van der Waals surface area contributed by atoms with E-state index in [0.717, 1.165) is 35.5 Å². The Morgan fingerprint density at radius 1 is 1.43 bits per heavy atom. The number of nitrogens with one attached hydrogen (secondary N) is 3. The molecule has 5 N–H and O–H groups in total. The van der Waals surface area contributed by atoms with Crippen LogP contribution in [0.2, 0.25) is 0 Å². The smallest absolute Gasteiger partial charge is 0.169 e. The largest absolute Gasteiger partial charge is 0.384 e. The zero-order chi connectivity index (χ0) is 14.7. The zero-order valence-corrected chi connectivity index (χ0v) is 12.3. The number of aromatic nitrogens is 2. The molecule has 0 aliphatic carbocycles. The molecule has 0 radical (unpaired) electrons. The van der Waals surface area contributed by atoms with Gasteiger partial charge in [0, 0.05) is 30.0 Å². The van der Waals surface area contributed by atoms with Crippen molar-refractivity contribution in [3.05, 3.63) is 36.2 Å². The highest BCUT2D eigenvalue weighted by Gasteiger charge is 2.20. The fourth-order valence-corrected chi connectivity index (χ4v) is 2.89. The molecule has 2 aromatic rings. The zero-order valence-electron chi connectivity index (χ0n) is 12.3. The summed E-state index contributed by atoms with van der Waals surface area (Å²) in [5.41, 5.74) is 4.29. The van der Waals surface area contributed by atoms with Crippen LogP contribution in [0.25, 0.3) is 11.1 Å². The maximum Gasteiger partial charge on any atom is 0.169 e. The van der Waals surface area contributed by atoms with Crippen molar-refractivity contribution in [1.82, 2.24) is 15.5 Å². The van der Waals surface area contributed by atoms with Gasteiger partial charge >= 0.3 is 0 Å². The number of aromatic amines is 1. The average molecular weight is 284 g/mol. The van der Waals surface area contributed by atoms with E-state index in [2.05, 4.69) is 46.0 Å². The van der Waals surface area contributed by atoms with Crippen molar-refractivity contribution >= 4 is 11.9 Å². The number of benzene rings is 1. The van der Waals surface area contributed by atoms with Crippen molar-refractivity contribution < 1.29 is 5.41 Å². The van der Waals surface area contributed by atoms with Gasteiger partial charge in [-0.3, -0.25) is 10.5 Å². The molecular weight excluding hydrogens is 262 g/mol. The summed E-state index contributed by atoms with van der Waals surface area (Å²) in [6, 6.07) is 6.89. The number of hydrogen-bond acceptors (Lipinski definition) is 3. The molecule has 1 fully saturated rings. The second-order valence-corrected chi connectivity index (χ2v) is 5.75. The molecular formula is C16H22N5+. The predicted molar refractivity (Wildman–Crippen MR) is 85.2 cm³/mol. The lowest BCUT2D eigenvalue weighted by molar-refractivity contribution is -0.104. The maximum atomic E-state index is 5.78. The van der Waals surface area contributed by atoms with Gasteiger partial charge in [-0.05, 0) is 43.5 Å². The van der Waals surface area contributed by atoms with Gasteiger partial charge in [-0.25, -0.2) is 0 Å². The Morgan fingerprint density at radius 3 is 3.00 bits per heavy atom. The lowest BCUT2D eigenvalue weighted by Gasteiger charge is -2.13. The Hall–Kier alpha value is -2.14. The topological polar surface area (TPSA) is 78.3 Å². The van der Waals surface area contributed by atoms with Gasteiger partial charge in [0.15, 0.2) is 6.21 Å². The van der Waals surface area contributed by atoms with Crippen LogP contribution < -0.4 is 16.0 Å². The molecule has 3 rings (SSSR count). The van der Waals surface area contributed by atoms with Crippen LogP contribution in [-0.2, 0) is 0 Å². The molecule has 1 aromatic carbocycles. The molecule has 0 spiro atoms. The third-order valence-corrected chi connectivity index (χ3v) is 4.09. The van der Waals surface area contributed by atoms with Crippen molar-refractivity contribution in [3.8, 4) is 11.1 Å². The number of nitrogens with two attached hydrogens (primary N) is 1. The fraction of sp³-hybridized carbons (Fsp3) is 0.375. The molecule has 1 aliphatic heterocycles. The Bertz CT molecular complexity index is 605. The number of anilines is 1. The van der Waals surface area contributed by atoms with E-state index < -0.39 is 0 Å². The number of hydrogen-bond donors (Lipinski definition) is 4. The van der Waals surface area contributed by atoms with Crippen LogP contribution in [-0.4, -0.2) is 35.5 Å². The minimum Gasteiger partial charge on any atom is -0.384 e. The van der Waals surface area contributed by atoms with Gasteiger partial charge in [0.2, 0.25) is 0 Å². The average Bonchev–Trinajstić information content (AvgIpc) is 3.16. The third kappa shape index (κ3) is 3.13. The van der Waals surface area contributed by atoms with E-state index in [1.807, 2.05) is 12.4 Å². The normalized spacial score (nSPS) is 21.4. The summed E-state index contributed by atoms with van der Waals surface area (Å²) in [4.78, 5) is 0. The molecule has 0 amide bonds. The lowest BCUT2D eigenvalue weighted by Crippen LogP contribution is -2.30. The van der Waals surface area contributed by atoms with Crippen LogP contribution in [0.3, 0.4) is 0 Å². The van der Waals surface area contributed by atoms with Crippen LogP contribution in [0, 0.1) is 5.92 Å². The summed E-state index contributed by atoms with van der Waals surface area (Å²) in [7, 11) is 0. The first-order valence-electron chi connectivity index (χ1n) is 7.41. The first-order valence-corrected chi connectivity index (χ1v) is 7.41. The molecule has 1 aliphatic rings. The van der Waals surface area contributed by atoms with Gasteiger partial charge in [-0.1, -0.05) is 6.07 Å². The first kappa shape index (κ1) is 13.8. The second kappa shape index (κ2) is 6.10. The van der Waals surface area contributed by atoms with Crippen molar-refractivity contribution in [2.24, 2.45) is 5.92 Å².